The van der Waals surface area contributed by atoms with Crippen molar-refractivity contribution in [3.05, 3.63) is 106 Å². The molecular formula is C23H18Cl2N3O2+. The number of hydrazine groups is 1. The smallest absolute Gasteiger partial charge is 0.304 e. The van der Waals surface area contributed by atoms with Gasteiger partial charge < -0.3 is 5.32 Å². The Balaban J connectivity index is 1.70. The maximum atomic E-state index is 12.8. The van der Waals surface area contributed by atoms with Gasteiger partial charge in [-0.05, 0) is 48.5 Å². The summed E-state index contributed by atoms with van der Waals surface area (Å²) in [5.41, 5.74) is 5.02. The SMILES string of the molecule is O=C(N[C@H]1C(=O)N/[N+](=C\c2ccc(Cl)cc2)[C@H]1c1ccc(Cl)cc1)c1ccccc1. The summed E-state index contributed by atoms with van der Waals surface area (Å²) >= 11 is 12.0. The number of hydrogen-bond donors (Lipinski definition) is 2. The van der Waals surface area contributed by atoms with Crippen molar-refractivity contribution in [3.63, 3.8) is 0 Å². The fraction of sp³-hybridized carbons (Fsp3) is 0.0870. The Morgan fingerprint density at radius 2 is 1.50 bits per heavy atom. The average molecular weight is 439 g/mol. The third kappa shape index (κ3) is 4.37. The minimum absolute atomic E-state index is 0.301. The molecule has 3 aromatic rings. The van der Waals surface area contributed by atoms with E-state index in [1.54, 1.807) is 53.2 Å². The molecule has 1 aliphatic heterocycles. The molecule has 2 N–H and O–H groups in total. The first-order valence-corrected chi connectivity index (χ1v) is 10.1. The van der Waals surface area contributed by atoms with Gasteiger partial charge in [0, 0.05) is 26.7 Å². The predicted octanol–water partition coefficient (Wildman–Crippen LogP) is 4.01. The number of carbonyl (C=O) groups excluding carboxylic acids is 2. The van der Waals surface area contributed by atoms with Crippen LogP contribution in [-0.4, -0.2) is 28.8 Å². The zero-order chi connectivity index (χ0) is 21.1. The van der Waals surface area contributed by atoms with Crippen molar-refractivity contribution in [1.82, 2.24) is 10.7 Å². The highest BCUT2D eigenvalue weighted by molar-refractivity contribution is 6.30. The molecule has 3 aromatic carbocycles. The summed E-state index contributed by atoms with van der Waals surface area (Å²) in [6.07, 6.45) is 1.81. The molecule has 1 aliphatic rings. The van der Waals surface area contributed by atoms with E-state index in [9.17, 15) is 9.59 Å². The van der Waals surface area contributed by atoms with Crippen LogP contribution >= 0.6 is 23.2 Å². The van der Waals surface area contributed by atoms with E-state index >= 15 is 0 Å². The van der Waals surface area contributed by atoms with Crippen molar-refractivity contribution in [1.29, 1.82) is 0 Å². The molecule has 1 heterocycles. The van der Waals surface area contributed by atoms with E-state index in [2.05, 4.69) is 10.7 Å². The van der Waals surface area contributed by atoms with Gasteiger partial charge >= 0.3 is 5.91 Å². The normalized spacial score (nSPS) is 19.5. The standard InChI is InChI=1S/C23H17Cl2N3O2/c24-18-10-6-15(7-11-18)14-28-21(16-8-12-19(25)13-9-16)20(23(30)27-28)26-22(29)17-4-2-1-3-5-17/h1-14,20-21H,(H-,26,27,29,30)/p+1/b28-14-/t20-,21+/m1/s1. The monoisotopic (exact) mass is 438 g/mol. The minimum atomic E-state index is -0.789. The summed E-state index contributed by atoms with van der Waals surface area (Å²) < 4.78 is 1.70. The van der Waals surface area contributed by atoms with Gasteiger partial charge in [0.2, 0.25) is 12.3 Å². The molecule has 0 aromatic heterocycles. The summed E-state index contributed by atoms with van der Waals surface area (Å²) in [5, 5.41) is 4.08. The summed E-state index contributed by atoms with van der Waals surface area (Å²) in [4.78, 5) is 25.5. The van der Waals surface area contributed by atoms with E-state index in [0.29, 0.717) is 15.6 Å². The van der Waals surface area contributed by atoms with Crippen LogP contribution < -0.4 is 10.7 Å². The van der Waals surface area contributed by atoms with Crippen LogP contribution in [0.2, 0.25) is 10.0 Å². The summed E-state index contributed by atoms with van der Waals surface area (Å²) in [7, 11) is 0. The van der Waals surface area contributed by atoms with E-state index in [1.165, 1.54) is 0 Å². The molecule has 4 rings (SSSR count). The first kappa shape index (κ1) is 20.1. The molecular weight excluding hydrogens is 421 g/mol. The maximum absolute atomic E-state index is 12.8. The maximum Gasteiger partial charge on any atom is 0.304 e. The number of hydrazone groups is 1. The Labute approximate surface area is 183 Å². The number of hydrogen-bond acceptors (Lipinski definition) is 2. The molecule has 1 fully saturated rings. The van der Waals surface area contributed by atoms with E-state index in [0.717, 1.165) is 11.1 Å². The third-order valence-electron chi connectivity index (χ3n) is 4.83. The van der Waals surface area contributed by atoms with Gasteiger partial charge in [-0.3, -0.25) is 9.59 Å². The lowest BCUT2D eigenvalue weighted by Crippen LogP contribution is -2.42. The highest BCUT2D eigenvalue weighted by Gasteiger charge is 2.47. The van der Waals surface area contributed by atoms with Crippen molar-refractivity contribution in [3.8, 4) is 0 Å². The second-order valence-corrected chi connectivity index (χ2v) is 7.75. The topological polar surface area (TPSA) is 61.2 Å². The van der Waals surface area contributed by atoms with Gasteiger partial charge in [-0.2, -0.15) is 0 Å². The van der Waals surface area contributed by atoms with Gasteiger partial charge in [0.05, 0.1) is 0 Å². The van der Waals surface area contributed by atoms with Crippen molar-refractivity contribution in [2.75, 3.05) is 0 Å². The molecule has 5 nitrogen and oxygen atoms in total. The van der Waals surface area contributed by atoms with Gasteiger partial charge in [-0.1, -0.05) is 53.5 Å². The zero-order valence-corrected chi connectivity index (χ0v) is 17.3. The van der Waals surface area contributed by atoms with Crippen molar-refractivity contribution in [2.24, 2.45) is 0 Å². The van der Waals surface area contributed by atoms with Crippen molar-refractivity contribution >= 4 is 41.2 Å². The quantitative estimate of drug-likeness (QED) is 0.604. The second-order valence-electron chi connectivity index (χ2n) is 6.88. The first-order chi connectivity index (χ1) is 14.5. The Morgan fingerprint density at radius 3 is 2.13 bits per heavy atom. The van der Waals surface area contributed by atoms with Gasteiger partial charge in [0.25, 0.3) is 5.91 Å². The lowest BCUT2D eigenvalue weighted by atomic mass is 10.00. The van der Waals surface area contributed by atoms with E-state index in [1.807, 2.05) is 36.5 Å². The average Bonchev–Trinajstić information content (AvgIpc) is 3.05. The number of halogens is 2. The van der Waals surface area contributed by atoms with Crippen LogP contribution in [0, 0.1) is 0 Å². The number of nitrogens with one attached hydrogen (secondary N) is 2. The molecule has 0 bridgehead atoms. The van der Waals surface area contributed by atoms with Crippen LogP contribution in [0.1, 0.15) is 27.5 Å². The number of nitrogens with zero attached hydrogens (tertiary/aromatic N) is 1. The molecule has 2 atom stereocenters. The Morgan fingerprint density at radius 1 is 0.900 bits per heavy atom. The Bertz CT molecular complexity index is 1100. The summed E-state index contributed by atoms with van der Waals surface area (Å²) in [6.45, 7) is 0. The van der Waals surface area contributed by atoms with Crippen LogP contribution in [0.4, 0.5) is 0 Å². The number of carbonyl (C=O) groups is 2. The van der Waals surface area contributed by atoms with Crippen molar-refractivity contribution in [2.45, 2.75) is 12.1 Å². The van der Waals surface area contributed by atoms with E-state index < -0.39 is 12.1 Å². The zero-order valence-electron chi connectivity index (χ0n) is 15.8. The second kappa shape index (κ2) is 8.69. The largest absolute Gasteiger partial charge is 0.334 e. The molecule has 7 heteroatoms. The Kier molecular flexibility index (Phi) is 5.84. The van der Waals surface area contributed by atoms with E-state index in [-0.39, 0.29) is 11.8 Å². The highest BCUT2D eigenvalue weighted by Crippen LogP contribution is 2.27. The Hall–Kier alpha value is -3.15. The summed E-state index contributed by atoms with van der Waals surface area (Å²) in [6, 6.07) is 22.0. The van der Waals surface area contributed by atoms with Gasteiger partial charge in [-0.15, -0.1) is 10.1 Å². The number of benzene rings is 3. The van der Waals surface area contributed by atoms with Crippen LogP contribution in [0.15, 0.2) is 78.9 Å². The number of rotatable bonds is 4. The minimum Gasteiger partial charge on any atom is -0.334 e. The lowest BCUT2D eigenvalue weighted by molar-refractivity contribution is -0.596. The molecule has 0 aliphatic carbocycles. The highest BCUT2D eigenvalue weighted by atomic mass is 35.5. The van der Waals surface area contributed by atoms with Crippen LogP contribution in [-0.2, 0) is 4.79 Å². The van der Waals surface area contributed by atoms with E-state index in [4.69, 9.17) is 23.2 Å². The molecule has 2 amide bonds. The van der Waals surface area contributed by atoms with Gasteiger partial charge in [0.15, 0.2) is 6.04 Å². The molecule has 0 saturated carbocycles. The van der Waals surface area contributed by atoms with Crippen LogP contribution in [0.3, 0.4) is 0 Å². The molecule has 150 valence electrons. The molecule has 1 saturated heterocycles. The van der Waals surface area contributed by atoms with Gasteiger partial charge in [0.1, 0.15) is 0 Å². The fourth-order valence-corrected chi connectivity index (χ4v) is 3.62. The van der Waals surface area contributed by atoms with Crippen LogP contribution in [0.5, 0.6) is 0 Å². The third-order valence-corrected chi connectivity index (χ3v) is 5.33. The first-order valence-electron chi connectivity index (χ1n) is 9.32. The van der Waals surface area contributed by atoms with Crippen LogP contribution in [0.25, 0.3) is 0 Å². The molecule has 0 radical (unpaired) electrons. The van der Waals surface area contributed by atoms with Crippen molar-refractivity contribution < 1.29 is 14.3 Å². The fourth-order valence-electron chi connectivity index (χ4n) is 3.36. The summed E-state index contributed by atoms with van der Waals surface area (Å²) in [5.74, 6) is -0.618. The van der Waals surface area contributed by atoms with Gasteiger partial charge in [-0.25, -0.2) is 0 Å². The number of amides is 2. The lowest BCUT2D eigenvalue weighted by Gasteiger charge is -2.14. The molecule has 30 heavy (non-hydrogen) atoms. The predicted molar refractivity (Wildman–Crippen MR) is 117 cm³/mol. The molecule has 0 spiro atoms. The molecule has 0 unspecified atom stereocenters.